The van der Waals surface area contributed by atoms with Gasteiger partial charge in [0.05, 0.1) is 5.69 Å². The van der Waals surface area contributed by atoms with Crippen LogP contribution < -0.4 is 10.1 Å². The van der Waals surface area contributed by atoms with Crippen molar-refractivity contribution in [2.45, 2.75) is 13.3 Å². The molecule has 0 saturated carbocycles. The number of ether oxygens (including phenoxy) is 1. The zero-order valence-corrected chi connectivity index (χ0v) is 12.8. The van der Waals surface area contributed by atoms with E-state index in [-0.39, 0.29) is 12.5 Å². The summed E-state index contributed by atoms with van der Waals surface area (Å²) >= 11 is 3.38. The van der Waals surface area contributed by atoms with Gasteiger partial charge in [-0.05, 0) is 52.2 Å². The first-order valence-electron chi connectivity index (χ1n) is 6.45. The first-order chi connectivity index (χ1) is 9.69. The minimum Gasteiger partial charge on any atom is -0.484 e. The number of nitrogens with one attached hydrogen (secondary N) is 1. The summed E-state index contributed by atoms with van der Waals surface area (Å²) in [5.41, 5.74) is 1.93. The number of hydrogen-bond donors (Lipinski definition) is 1. The van der Waals surface area contributed by atoms with Gasteiger partial charge in [-0.25, -0.2) is 0 Å². The standard InChI is InChI=1S/C16H16BrNO2/c1-2-12-6-5-7-13(10-12)20-11-16(19)18-15-9-4-3-8-14(15)17/h3-10H,2,11H2,1H3,(H,18,19). The number of aryl methyl sites for hydroxylation is 1. The van der Waals surface area contributed by atoms with Crippen molar-refractivity contribution in [3.05, 3.63) is 58.6 Å². The zero-order valence-electron chi connectivity index (χ0n) is 11.2. The van der Waals surface area contributed by atoms with Gasteiger partial charge in [-0.2, -0.15) is 0 Å². The van der Waals surface area contributed by atoms with Crippen LogP contribution in [0.25, 0.3) is 0 Å². The van der Waals surface area contributed by atoms with E-state index in [1.807, 2.05) is 48.5 Å². The van der Waals surface area contributed by atoms with Crippen molar-refractivity contribution < 1.29 is 9.53 Å². The third-order valence-electron chi connectivity index (χ3n) is 2.82. The van der Waals surface area contributed by atoms with Crippen molar-refractivity contribution in [1.82, 2.24) is 0 Å². The summed E-state index contributed by atoms with van der Waals surface area (Å²) in [4.78, 5) is 11.8. The first kappa shape index (κ1) is 14.6. The van der Waals surface area contributed by atoms with Gasteiger partial charge in [0.1, 0.15) is 5.75 Å². The maximum Gasteiger partial charge on any atom is 0.262 e. The van der Waals surface area contributed by atoms with Crippen molar-refractivity contribution in [2.24, 2.45) is 0 Å². The lowest BCUT2D eigenvalue weighted by Gasteiger charge is -2.09. The van der Waals surface area contributed by atoms with Crippen molar-refractivity contribution >= 4 is 27.5 Å². The van der Waals surface area contributed by atoms with Crippen LogP contribution in [0.4, 0.5) is 5.69 Å². The Labute approximate surface area is 127 Å². The van der Waals surface area contributed by atoms with Crippen LogP contribution in [0.3, 0.4) is 0 Å². The molecule has 0 atom stereocenters. The van der Waals surface area contributed by atoms with Crippen LogP contribution >= 0.6 is 15.9 Å². The number of carbonyl (C=O) groups is 1. The van der Waals surface area contributed by atoms with Gasteiger partial charge in [-0.15, -0.1) is 0 Å². The van der Waals surface area contributed by atoms with Gasteiger partial charge in [0.25, 0.3) is 5.91 Å². The number of carbonyl (C=O) groups excluding carboxylic acids is 1. The molecule has 0 spiro atoms. The normalized spacial score (nSPS) is 10.1. The van der Waals surface area contributed by atoms with Crippen LogP contribution in [-0.2, 0) is 11.2 Å². The van der Waals surface area contributed by atoms with Gasteiger partial charge in [-0.3, -0.25) is 4.79 Å². The van der Waals surface area contributed by atoms with Crippen LogP contribution in [0.15, 0.2) is 53.0 Å². The third-order valence-corrected chi connectivity index (χ3v) is 3.52. The molecule has 3 nitrogen and oxygen atoms in total. The van der Waals surface area contributed by atoms with Gasteiger partial charge >= 0.3 is 0 Å². The maximum absolute atomic E-state index is 11.8. The topological polar surface area (TPSA) is 38.3 Å². The molecule has 1 N–H and O–H groups in total. The number of halogens is 1. The number of amides is 1. The Kier molecular flexibility index (Phi) is 5.18. The number of anilines is 1. The highest BCUT2D eigenvalue weighted by Crippen LogP contribution is 2.21. The fourth-order valence-electron chi connectivity index (χ4n) is 1.75. The minimum atomic E-state index is -0.182. The van der Waals surface area contributed by atoms with Gasteiger partial charge in [0, 0.05) is 4.47 Å². The molecule has 0 aliphatic carbocycles. The van der Waals surface area contributed by atoms with Crippen LogP contribution in [0.1, 0.15) is 12.5 Å². The van der Waals surface area contributed by atoms with E-state index in [1.165, 1.54) is 5.56 Å². The minimum absolute atomic E-state index is 0.00545. The average molecular weight is 334 g/mol. The van der Waals surface area contributed by atoms with Crippen LogP contribution in [0.2, 0.25) is 0 Å². The highest BCUT2D eigenvalue weighted by Gasteiger charge is 2.06. The molecule has 0 heterocycles. The second kappa shape index (κ2) is 7.10. The molecule has 2 rings (SSSR count). The summed E-state index contributed by atoms with van der Waals surface area (Å²) in [5.74, 6) is 0.533. The Morgan fingerprint density at radius 2 is 2.00 bits per heavy atom. The molecule has 4 heteroatoms. The van der Waals surface area contributed by atoms with E-state index in [2.05, 4.69) is 28.2 Å². The second-order valence-corrected chi connectivity index (χ2v) is 5.17. The molecule has 0 radical (unpaired) electrons. The SMILES string of the molecule is CCc1cccc(OCC(=O)Nc2ccccc2Br)c1. The lowest BCUT2D eigenvalue weighted by molar-refractivity contribution is -0.118. The van der Waals surface area contributed by atoms with E-state index in [0.29, 0.717) is 5.75 Å². The summed E-state index contributed by atoms with van der Waals surface area (Å²) in [5, 5.41) is 2.80. The quantitative estimate of drug-likeness (QED) is 0.897. The van der Waals surface area contributed by atoms with E-state index in [4.69, 9.17) is 4.74 Å². The highest BCUT2D eigenvalue weighted by atomic mass is 79.9. The number of para-hydroxylation sites is 1. The summed E-state index contributed by atoms with van der Waals surface area (Å²) < 4.78 is 6.34. The molecule has 2 aromatic carbocycles. The molecular weight excluding hydrogens is 318 g/mol. The van der Waals surface area contributed by atoms with Crippen molar-refractivity contribution in [3.63, 3.8) is 0 Å². The first-order valence-corrected chi connectivity index (χ1v) is 7.24. The second-order valence-electron chi connectivity index (χ2n) is 4.32. The molecule has 20 heavy (non-hydrogen) atoms. The lowest BCUT2D eigenvalue weighted by atomic mass is 10.2. The molecule has 0 aromatic heterocycles. The molecule has 0 unspecified atom stereocenters. The largest absolute Gasteiger partial charge is 0.484 e. The number of hydrogen-bond acceptors (Lipinski definition) is 2. The summed E-state index contributed by atoms with van der Waals surface area (Å²) in [7, 11) is 0. The molecule has 104 valence electrons. The molecule has 0 aliphatic rings. The Morgan fingerprint density at radius 1 is 1.20 bits per heavy atom. The van der Waals surface area contributed by atoms with Crippen LogP contribution in [0, 0.1) is 0 Å². The lowest BCUT2D eigenvalue weighted by Crippen LogP contribution is -2.20. The predicted octanol–water partition coefficient (Wildman–Crippen LogP) is 4.03. The molecule has 0 aliphatic heterocycles. The molecule has 0 saturated heterocycles. The Bertz CT molecular complexity index is 599. The molecule has 0 bridgehead atoms. The van der Waals surface area contributed by atoms with Gasteiger partial charge in [0.2, 0.25) is 0 Å². The third kappa shape index (κ3) is 4.10. The summed E-state index contributed by atoms with van der Waals surface area (Å²) in [6.45, 7) is 2.08. The smallest absolute Gasteiger partial charge is 0.262 e. The Balaban J connectivity index is 1.90. The monoisotopic (exact) mass is 333 g/mol. The predicted molar refractivity (Wildman–Crippen MR) is 84.1 cm³/mol. The van der Waals surface area contributed by atoms with E-state index in [1.54, 1.807) is 0 Å². The highest BCUT2D eigenvalue weighted by molar-refractivity contribution is 9.10. The van der Waals surface area contributed by atoms with Crippen LogP contribution in [-0.4, -0.2) is 12.5 Å². The Morgan fingerprint density at radius 3 is 2.75 bits per heavy atom. The molecule has 1 amide bonds. The average Bonchev–Trinajstić information content (AvgIpc) is 2.48. The van der Waals surface area contributed by atoms with Crippen molar-refractivity contribution in [1.29, 1.82) is 0 Å². The van der Waals surface area contributed by atoms with E-state index in [0.717, 1.165) is 16.6 Å². The van der Waals surface area contributed by atoms with Crippen molar-refractivity contribution in [3.8, 4) is 5.75 Å². The molecule has 0 fully saturated rings. The molecular formula is C16H16BrNO2. The fraction of sp³-hybridized carbons (Fsp3) is 0.188. The van der Waals surface area contributed by atoms with Crippen LogP contribution in [0.5, 0.6) is 5.75 Å². The van der Waals surface area contributed by atoms with E-state index >= 15 is 0 Å². The summed E-state index contributed by atoms with van der Waals surface area (Å²) in [6.07, 6.45) is 0.945. The van der Waals surface area contributed by atoms with Gasteiger partial charge < -0.3 is 10.1 Å². The molecule has 2 aromatic rings. The van der Waals surface area contributed by atoms with Crippen molar-refractivity contribution in [2.75, 3.05) is 11.9 Å². The van der Waals surface area contributed by atoms with Gasteiger partial charge in [-0.1, -0.05) is 31.2 Å². The number of benzene rings is 2. The number of rotatable bonds is 5. The summed E-state index contributed by atoms with van der Waals surface area (Å²) in [6, 6.07) is 15.2. The van der Waals surface area contributed by atoms with Gasteiger partial charge in [0.15, 0.2) is 6.61 Å². The zero-order chi connectivity index (χ0) is 14.4. The fourth-order valence-corrected chi connectivity index (χ4v) is 2.14. The van der Waals surface area contributed by atoms with E-state index < -0.39 is 0 Å². The maximum atomic E-state index is 11.8. The Hall–Kier alpha value is -1.81. The van der Waals surface area contributed by atoms with E-state index in [9.17, 15) is 4.79 Å².